The lowest BCUT2D eigenvalue weighted by Gasteiger charge is -2.46. The monoisotopic (exact) mass is 462 g/mol. The molecule has 0 aromatic heterocycles. The smallest absolute Gasteiger partial charge is 0.158 e. The van der Waals surface area contributed by atoms with Gasteiger partial charge in [-0.1, -0.05) is 68.0 Å². The Bertz CT molecular complexity index is 1150. The molecule has 1 unspecified atom stereocenters. The van der Waals surface area contributed by atoms with E-state index in [2.05, 4.69) is 18.2 Å². The molecule has 3 aromatic rings. The predicted molar refractivity (Wildman–Crippen MR) is 130 cm³/mol. The van der Waals surface area contributed by atoms with Crippen molar-refractivity contribution in [2.75, 3.05) is 6.61 Å². The number of ether oxygens (including phenoxy) is 3. The van der Waals surface area contributed by atoms with Gasteiger partial charge >= 0.3 is 0 Å². The average Bonchev–Trinajstić information content (AvgIpc) is 2.85. The molecule has 0 aliphatic carbocycles. The van der Waals surface area contributed by atoms with E-state index in [-0.39, 0.29) is 18.8 Å². The Morgan fingerprint density at radius 3 is 2.35 bits per heavy atom. The van der Waals surface area contributed by atoms with E-state index in [0.717, 1.165) is 33.5 Å². The third-order valence-electron chi connectivity index (χ3n) is 6.71. The Morgan fingerprint density at radius 2 is 1.68 bits per heavy atom. The molecule has 0 saturated carbocycles. The van der Waals surface area contributed by atoms with Crippen molar-refractivity contribution < 1.29 is 29.2 Å². The van der Waals surface area contributed by atoms with E-state index in [1.54, 1.807) is 0 Å². The number of aliphatic hydroxyl groups excluding tert-OH is 2. The first-order valence-corrected chi connectivity index (χ1v) is 11.9. The summed E-state index contributed by atoms with van der Waals surface area (Å²) in [5, 5.41) is 25.6. The van der Waals surface area contributed by atoms with Crippen LogP contribution in [0, 0.1) is 0 Å². The first kappa shape index (κ1) is 23.1. The zero-order valence-electron chi connectivity index (χ0n) is 19.2. The van der Waals surface area contributed by atoms with Crippen molar-refractivity contribution in [3.8, 4) is 0 Å². The van der Waals surface area contributed by atoms with Gasteiger partial charge in [0.25, 0.3) is 0 Å². The first-order chi connectivity index (χ1) is 16.5. The number of hydrogen-bond donors (Lipinski definition) is 2. The van der Waals surface area contributed by atoms with Crippen LogP contribution in [0.4, 0.5) is 0 Å². The average molecular weight is 463 g/mol. The van der Waals surface area contributed by atoms with Crippen LogP contribution in [0.5, 0.6) is 0 Å². The molecule has 2 fully saturated rings. The van der Waals surface area contributed by atoms with E-state index >= 15 is 0 Å². The normalized spacial score (nSPS) is 29.5. The molecule has 2 saturated heterocycles. The second-order valence-corrected chi connectivity index (χ2v) is 9.08. The first-order valence-electron chi connectivity index (χ1n) is 11.9. The zero-order valence-corrected chi connectivity index (χ0v) is 19.2. The third-order valence-corrected chi connectivity index (χ3v) is 6.71. The van der Waals surface area contributed by atoms with Gasteiger partial charge < -0.3 is 24.4 Å². The number of ketones is 1. The van der Waals surface area contributed by atoms with Crippen molar-refractivity contribution in [1.82, 2.24) is 0 Å². The van der Waals surface area contributed by atoms with Crippen LogP contribution in [-0.4, -0.2) is 59.4 Å². The maximum Gasteiger partial charge on any atom is 0.158 e. The molecule has 0 radical (unpaired) electrons. The number of benzene rings is 3. The van der Waals surface area contributed by atoms with E-state index in [4.69, 9.17) is 14.2 Å². The van der Waals surface area contributed by atoms with Crippen molar-refractivity contribution >= 4 is 33.4 Å². The minimum Gasteiger partial charge on any atom is -0.388 e. The SMILES string of the molecule is CCCC1OC[C@H]2O[C@@H](CC(=O)/C=C/c3c4ccccc4cc4ccccc34)[C@H](O)[C@@H](O)[C@@H]2O1. The number of allylic oxidation sites excluding steroid dienone is 1. The standard InChI is InChI=1S/C28H30O6/c1-2-7-25-32-16-24-28(34-25)27(31)26(30)23(33-24)15-19(29)12-13-22-20-10-5-3-8-17(20)14-18-9-4-6-11-21(18)22/h3-6,8-14,23-28,30-31H,2,7,15-16H2,1H3/b13-12+/t23-,24+,25?,26-,27+,28+/m0/s1. The van der Waals surface area contributed by atoms with E-state index in [9.17, 15) is 15.0 Å². The number of fused-ring (bicyclic) bond motifs is 3. The highest BCUT2D eigenvalue weighted by Gasteiger charge is 2.48. The lowest BCUT2D eigenvalue weighted by atomic mass is 9.91. The van der Waals surface area contributed by atoms with Crippen molar-refractivity contribution in [2.45, 2.75) is 63.0 Å². The summed E-state index contributed by atoms with van der Waals surface area (Å²) in [7, 11) is 0. The Balaban J connectivity index is 1.33. The molecular weight excluding hydrogens is 432 g/mol. The highest BCUT2D eigenvalue weighted by atomic mass is 16.7. The van der Waals surface area contributed by atoms with Gasteiger partial charge in [0.05, 0.1) is 12.7 Å². The molecular formula is C28H30O6. The topological polar surface area (TPSA) is 85.2 Å². The molecule has 0 amide bonds. The Labute approximate surface area is 198 Å². The van der Waals surface area contributed by atoms with E-state index in [1.807, 2.05) is 49.4 Å². The minimum atomic E-state index is -1.21. The van der Waals surface area contributed by atoms with Crippen molar-refractivity contribution in [2.24, 2.45) is 0 Å². The van der Waals surface area contributed by atoms with Crippen LogP contribution in [0.3, 0.4) is 0 Å². The molecule has 5 rings (SSSR count). The summed E-state index contributed by atoms with van der Waals surface area (Å²) in [6, 6.07) is 18.3. The third kappa shape index (κ3) is 4.52. The summed E-state index contributed by atoms with van der Waals surface area (Å²) in [6.07, 6.45) is 0.165. The van der Waals surface area contributed by atoms with Gasteiger partial charge in [-0.05, 0) is 45.7 Å². The van der Waals surface area contributed by atoms with Gasteiger partial charge in [0.2, 0.25) is 0 Å². The van der Waals surface area contributed by atoms with Crippen LogP contribution in [-0.2, 0) is 19.0 Å². The molecule has 6 heteroatoms. The summed E-state index contributed by atoms with van der Waals surface area (Å²) >= 11 is 0. The Kier molecular flexibility index (Phi) is 6.77. The lowest BCUT2D eigenvalue weighted by molar-refractivity contribution is -0.325. The quantitative estimate of drug-likeness (QED) is 0.426. The second kappa shape index (κ2) is 9.94. The van der Waals surface area contributed by atoms with Crippen molar-refractivity contribution in [3.05, 3.63) is 66.2 Å². The summed E-state index contributed by atoms with van der Waals surface area (Å²) in [5.41, 5.74) is 0.975. The predicted octanol–water partition coefficient (Wildman–Crippen LogP) is 4.00. The molecule has 0 spiro atoms. The number of carbonyl (C=O) groups is 1. The van der Waals surface area contributed by atoms with Gasteiger partial charge in [0, 0.05) is 6.42 Å². The number of hydrogen-bond acceptors (Lipinski definition) is 6. The van der Waals surface area contributed by atoms with E-state index in [0.29, 0.717) is 6.42 Å². The number of carbonyl (C=O) groups excluding carboxylic acids is 1. The summed E-state index contributed by atoms with van der Waals surface area (Å²) < 4.78 is 17.4. The Hall–Kier alpha value is -2.61. The van der Waals surface area contributed by atoms with Gasteiger partial charge in [-0.2, -0.15) is 0 Å². The molecule has 178 valence electrons. The summed E-state index contributed by atoms with van der Waals surface area (Å²) in [5.74, 6) is -0.187. The fraction of sp³-hybridized carbons (Fsp3) is 0.393. The van der Waals surface area contributed by atoms with Crippen molar-refractivity contribution in [3.63, 3.8) is 0 Å². The highest BCUT2D eigenvalue weighted by Crippen LogP contribution is 2.32. The molecule has 2 heterocycles. The van der Waals surface area contributed by atoms with Gasteiger partial charge in [-0.3, -0.25) is 4.79 Å². The molecule has 6 nitrogen and oxygen atoms in total. The van der Waals surface area contributed by atoms with Crippen molar-refractivity contribution in [1.29, 1.82) is 0 Å². The molecule has 34 heavy (non-hydrogen) atoms. The molecule has 2 aliphatic rings. The number of aliphatic hydroxyl groups is 2. The molecule has 0 bridgehead atoms. The Morgan fingerprint density at radius 1 is 1.00 bits per heavy atom. The molecule has 2 aliphatic heterocycles. The molecule has 2 N–H and O–H groups in total. The fourth-order valence-electron chi connectivity index (χ4n) is 4.96. The van der Waals surface area contributed by atoms with Gasteiger partial charge in [-0.15, -0.1) is 0 Å². The summed E-state index contributed by atoms with van der Waals surface area (Å²) in [4.78, 5) is 12.9. The largest absolute Gasteiger partial charge is 0.388 e. The van der Waals surface area contributed by atoms with Crippen LogP contribution in [0.25, 0.3) is 27.6 Å². The molecule has 3 aromatic carbocycles. The summed E-state index contributed by atoms with van der Waals surface area (Å²) in [6.45, 7) is 2.29. The van der Waals surface area contributed by atoms with Gasteiger partial charge in [-0.25, -0.2) is 0 Å². The van der Waals surface area contributed by atoms with Gasteiger partial charge in [0.15, 0.2) is 12.1 Å². The van der Waals surface area contributed by atoms with E-state index < -0.39 is 36.8 Å². The van der Waals surface area contributed by atoms with E-state index in [1.165, 1.54) is 6.08 Å². The van der Waals surface area contributed by atoms with Crippen LogP contribution in [0.1, 0.15) is 31.7 Å². The zero-order chi connectivity index (χ0) is 23.7. The van der Waals surface area contributed by atoms with Crippen LogP contribution in [0.2, 0.25) is 0 Å². The highest BCUT2D eigenvalue weighted by molar-refractivity contribution is 6.08. The van der Waals surface area contributed by atoms with Crippen LogP contribution >= 0.6 is 0 Å². The van der Waals surface area contributed by atoms with Gasteiger partial charge in [0.1, 0.15) is 24.4 Å². The van der Waals surface area contributed by atoms with Crippen LogP contribution in [0.15, 0.2) is 60.7 Å². The van der Waals surface area contributed by atoms with Crippen LogP contribution < -0.4 is 0 Å². The maximum absolute atomic E-state index is 12.9. The minimum absolute atomic E-state index is 0.0426. The second-order valence-electron chi connectivity index (χ2n) is 9.08. The lowest BCUT2D eigenvalue weighted by Crippen LogP contribution is -2.62. The number of rotatable bonds is 6. The maximum atomic E-state index is 12.9. The molecule has 6 atom stereocenters. The fourth-order valence-corrected chi connectivity index (χ4v) is 4.96.